The van der Waals surface area contributed by atoms with Crippen molar-refractivity contribution in [3.05, 3.63) is 112 Å². The average molecular weight is 471 g/mol. The second-order valence-corrected chi connectivity index (χ2v) is 8.04. The standard InChI is InChI=1S/C27H23ClN4O2/c1-19(15-20-5-3-2-4-6-20)17-29-32-27(33)26-16-25(30-31-26)22-9-13-24(14-10-22)34-18-21-7-11-23(28)12-8-21/h2-17H,18H2,1H3,(H,30,31)(H,32,33). The Hall–Kier alpha value is -4.16. The number of carbonyl (C=O) groups excluding carboxylic acids is 1. The van der Waals surface area contributed by atoms with Gasteiger partial charge >= 0.3 is 0 Å². The van der Waals surface area contributed by atoms with Crippen LogP contribution in [-0.4, -0.2) is 22.3 Å². The molecule has 0 unspecified atom stereocenters. The summed E-state index contributed by atoms with van der Waals surface area (Å²) < 4.78 is 5.81. The van der Waals surface area contributed by atoms with E-state index >= 15 is 0 Å². The second-order valence-electron chi connectivity index (χ2n) is 7.60. The molecule has 0 radical (unpaired) electrons. The third-order valence-corrected chi connectivity index (χ3v) is 5.17. The third-order valence-electron chi connectivity index (χ3n) is 4.92. The van der Waals surface area contributed by atoms with Crippen LogP contribution in [0.4, 0.5) is 0 Å². The molecular formula is C27H23ClN4O2. The quantitative estimate of drug-likeness (QED) is 0.240. The molecule has 1 aromatic heterocycles. The molecule has 2 N–H and O–H groups in total. The lowest BCUT2D eigenvalue weighted by atomic mass is 10.1. The topological polar surface area (TPSA) is 79.4 Å². The van der Waals surface area contributed by atoms with Gasteiger partial charge in [0.25, 0.3) is 5.91 Å². The average Bonchev–Trinajstić information content (AvgIpc) is 3.35. The van der Waals surface area contributed by atoms with Crippen molar-refractivity contribution < 1.29 is 9.53 Å². The molecule has 1 heterocycles. The number of carbonyl (C=O) groups is 1. The SMILES string of the molecule is CC(C=NNC(=O)c1cc(-c2ccc(OCc3ccc(Cl)cc3)cc2)n[nH]1)=Cc1ccccc1. The Morgan fingerprint density at radius 2 is 1.79 bits per heavy atom. The summed E-state index contributed by atoms with van der Waals surface area (Å²) in [4.78, 5) is 12.4. The fourth-order valence-electron chi connectivity index (χ4n) is 3.16. The Morgan fingerprint density at radius 1 is 1.06 bits per heavy atom. The molecular weight excluding hydrogens is 448 g/mol. The number of hydrogen-bond acceptors (Lipinski definition) is 4. The van der Waals surface area contributed by atoms with Gasteiger partial charge < -0.3 is 4.74 Å². The number of hydrogen-bond donors (Lipinski definition) is 2. The Balaban J connectivity index is 1.32. The lowest BCUT2D eigenvalue weighted by molar-refractivity contribution is 0.0950. The summed E-state index contributed by atoms with van der Waals surface area (Å²) in [6.07, 6.45) is 3.58. The van der Waals surface area contributed by atoms with Gasteiger partial charge in [-0.3, -0.25) is 9.89 Å². The minimum atomic E-state index is -0.370. The Morgan fingerprint density at radius 3 is 2.53 bits per heavy atom. The van der Waals surface area contributed by atoms with Crippen LogP contribution in [0.2, 0.25) is 5.02 Å². The molecule has 1 amide bonds. The Labute approximate surface area is 202 Å². The monoisotopic (exact) mass is 470 g/mol. The van der Waals surface area contributed by atoms with Gasteiger partial charge in [0.2, 0.25) is 0 Å². The van der Waals surface area contributed by atoms with Crippen LogP contribution in [0, 0.1) is 0 Å². The fraction of sp³-hybridized carbons (Fsp3) is 0.0741. The summed E-state index contributed by atoms with van der Waals surface area (Å²) in [7, 11) is 0. The van der Waals surface area contributed by atoms with Crippen molar-refractivity contribution in [3.63, 3.8) is 0 Å². The summed E-state index contributed by atoms with van der Waals surface area (Å²) in [5.41, 5.74) is 7.36. The molecule has 0 spiro atoms. The van der Waals surface area contributed by atoms with Gasteiger partial charge in [0, 0.05) is 10.6 Å². The lowest BCUT2D eigenvalue weighted by Crippen LogP contribution is -2.17. The van der Waals surface area contributed by atoms with Crippen LogP contribution in [-0.2, 0) is 6.61 Å². The Bertz CT molecular complexity index is 1290. The number of amides is 1. The summed E-state index contributed by atoms with van der Waals surface area (Å²) in [6.45, 7) is 2.36. The van der Waals surface area contributed by atoms with E-state index in [4.69, 9.17) is 16.3 Å². The van der Waals surface area contributed by atoms with E-state index < -0.39 is 0 Å². The van der Waals surface area contributed by atoms with Gasteiger partial charge in [0.05, 0.1) is 11.9 Å². The highest BCUT2D eigenvalue weighted by molar-refractivity contribution is 6.30. The van der Waals surface area contributed by atoms with Crippen molar-refractivity contribution in [3.8, 4) is 17.0 Å². The van der Waals surface area contributed by atoms with Gasteiger partial charge in [0.1, 0.15) is 18.1 Å². The number of benzene rings is 3. The maximum atomic E-state index is 12.4. The molecule has 0 bridgehead atoms. The number of halogens is 1. The first-order chi connectivity index (χ1) is 16.6. The van der Waals surface area contributed by atoms with Crippen LogP contribution in [0.25, 0.3) is 17.3 Å². The molecule has 170 valence electrons. The molecule has 0 aliphatic carbocycles. The highest BCUT2D eigenvalue weighted by Crippen LogP contribution is 2.22. The molecule has 0 saturated carbocycles. The fourth-order valence-corrected chi connectivity index (χ4v) is 3.28. The number of H-pyrrole nitrogens is 1. The minimum Gasteiger partial charge on any atom is -0.489 e. The third kappa shape index (κ3) is 6.43. The molecule has 34 heavy (non-hydrogen) atoms. The number of hydrazone groups is 1. The van der Waals surface area contributed by atoms with Gasteiger partial charge in [0.15, 0.2) is 0 Å². The molecule has 4 rings (SSSR count). The van der Waals surface area contributed by atoms with E-state index in [1.54, 1.807) is 12.3 Å². The zero-order chi connectivity index (χ0) is 23.8. The van der Waals surface area contributed by atoms with E-state index in [9.17, 15) is 4.79 Å². The van der Waals surface area contributed by atoms with Crippen LogP contribution in [0.1, 0.15) is 28.5 Å². The van der Waals surface area contributed by atoms with E-state index in [1.165, 1.54) is 0 Å². The second kappa shape index (κ2) is 11.1. The van der Waals surface area contributed by atoms with Crippen LogP contribution in [0.5, 0.6) is 5.75 Å². The first-order valence-corrected chi connectivity index (χ1v) is 11.0. The van der Waals surface area contributed by atoms with Gasteiger partial charge in [-0.05, 0) is 66.1 Å². The highest BCUT2D eigenvalue weighted by atomic mass is 35.5. The molecule has 7 heteroatoms. The molecule has 0 atom stereocenters. The predicted molar refractivity (Wildman–Crippen MR) is 136 cm³/mol. The van der Waals surface area contributed by atoms with E-state index in [1.807, 2.05) is 91.9 Å². The first-order valence-electron chi connectivity index (χ1n) is 10.7. The molecule has 0 saturated heterocycles. The molecule has 3 aromatic carbocycles. The lowest BCUT2D eigenvalue weighted by Gasteiger charge is -2.07. The summed E-state index contributed by atoms with van der Waals surface area (Å²) in [5.74, 6) is 0.367. The number of aromatic amines is 1. The van der Waals surface area contributed by atoms with Gasteiger partial charge in [-0.15, -0.1) is 0 Å². The normalized spacial score (nSPS) is 11.5. The smallest absolute Gasteiger partial charge is 0.289 e. The zero-order valence-electron chi connectivity index (χ0n) is 18.5. The van der Waals surface area contributed by atoms with Crippen molar-refractivity contribution in [2.45, 2.75) is 13.5 Å². The molecule has 0 aliphatic rings. The van der Waals surface area contributed by atoms with Gasteiger partial charge in [-0.2, -0.15) is 10.2 Å². The molecule has 0 aliphatic heterocycles. The number of aromatic nitrogens is 2. The van der Waals surface area contributed by atoms with Gasteiger partial charge in [-0.1, -0.05) is 60.1 Å². The van der Waals surface area contributed by atoms with Crippen LogP contribution in [0.15, 0.2) is 95.6 Å². The first kappa shape index (κ1) is 23.0. The van der Waals surface area contributed by atoms with E-state index in [-0.39, 0.29) is 5.91 Å². The van der Waals surface area contributed by atoms with E-state index in [2.05, 4.69) is 20.7 Å². The molecule has 0 fully saturated rings. The predicted octanol–water partition coefficient (Wildman–Crippen LogP) is 6.13. The number of rotatable bonds is 8. The van der Waals surface area contributed by atoms with Crippen molar-refractivity contribution in [1.29, 1.82) is 0 Å². The van der Waals surface area contributed by atoms with Crippen LogP contribution >= 0.6 is 11.6 Å². The van der Waals surface area contributed by atoms with Crippen LogP contribution in [0.3, 0.4) is 0 Å². The maximum absolute atomic E-state index is 12.4. The van der Waals surface area contributed by atoms with Gasteiger partial charge in [-0.25, -0.2) is 5.43 Å². The maximum Gasteiger partial charge on any atom is 0.289 e. The van der Waals surface area contributed by atoms with Crippen molar-refractivity contribution >= 4 is 29.8 Å². The van der Waals surface area contributed by atoms with E-state index in [0.29, 0.717) is 23.0 Å². The highest BCUT2D eigenvalue weighted by Gasteiger charge is 2.10. The summed E-state index contributed by atoms with van der Waals surface area (Å²) in [6, 6.07) is 26.6. The Kier molecular flexibility index (Phi) is 7.53. The zero-order valence-corrected chi connectivity index (χ0v) is 19.3. The molecule has 4 aromatic rings. The number of allylic oxidation sites excluding steroid dienone is 1. The number of nitrogens with one attached hydrogen (secondary N) is 2. The largest absolute Gasteiger partial charge is 0.489 e. The number of ether oxygens (including phenoxy) is 1. The van der Waals surface area contributed by atoms with Crippen LogP contribution < -0.4 is 10.2 Å². The molecule has 6 nitrogen and oxygen atoms in total. The van der Waals surface area contributed by atoms with E-state index in [0.717, 1.165) is 28.0 Å². The van der Waals surface area contributed by atoms with Crippen molar-refractivity contribution in [1.82, 2.24) is 15.6 Å². The van der Waals surface area contributed by atoms with Crippen molar-refractivity contribution in [2.24, 2.45) is 5.10 Å². The van der Waals surface area contributed by atoms with Crippen molar-refractivity contribution in [2.75, 3.05) is 0 Å². The number of nitrogens with zero attached hydrogens (tertiary/aromatic N) is 2. The minimum absolute atomic E-state index is 0.319. The summed E-state index contributed by atoms with van der Waals surface area (Å²) >= 11 is 5.91. The summed E-state index contributed by atoms with van der Waals surface area (Å²) in [5, 5.41) is 11.7.